The molecule has 96 valence electrons. The molecule has 2 N–H and O–H groups in total. The Hall–Kier alpha value is -0.840. The van der Waals surface area contributed by atoms with Gasteiger partial charge in [-0.15, -0.1) is 0 Å². The number of hydrogen-bond acceptors (Lipinski definition) is 4. The zero-order valence-electron chi connectivity index (χ0n) is 10.8. The number of rotatable bonds is 5. The fourth-order valence-electron chi connectivity index (χ4n) is 2.66. The minimum Gasteiger partial charge on any atom is -0.468 e. The molecule has 4 nitrogen and oxygen atoms in total. The van der Waals surface area contributed by atoms with E-state index in [0.717, 1.165) is 12.3 Å². The number of nitrogens with zero attached hydrogens (tertiary/aromatic N) is 2. The van der Waals surface area contributed by atoms with Gasteiger partial charge in [0.1, 0.15) is 5.76 Å². The van der Waals surface area contributed by atoms with Gasteiger partial charge in [0.25, 0.3) is 0 Å². The van der Waals surface area contributed by atoms with Crippen LogP contribution in [0.2, 0.25) is 0 Å². The number of likely N-dealkylation sites (N-methyl/N-ethyl adjacent to an activating group) is 2. The third-order valence-corrected chi connectivity index (χ3v) is 3.80. The molecule has 0 aliphatic carbocycles. The lowest BCUT2D eigenvalue weighted by Crippen LogP contribution is -2.40. The largest absolute Gasteiger partial charge is 0.468 e. The topological polar surface area (TPSA) is 45.6 Å². The Kier molecular flexibility index (Phi) is 4.20. The summed E-state index contributed by atoms with van der Waals surface area (Å²) in [5.74, 6) is 0.968. The monoisotopic (exact) mass is 237 g/mol. The molecule has 2 atom stereocenters. The van der Waals surface area contributed by atoms with Crippen LogP contribution in [0, 0.1) is 0 Å². The van der Waals surface area contributed by atoms with Crippen LogP contribution in [0.4, 0.5) is 0 Å². The van der Waals surface area contributed by atoms with Crippen molar-refractivity contribution in [2.24, 2.45) is 5.73 Å². The van der Waals surface area contributed by atoms with Crippen LogP contribution in [0.15, 0.2) is 22.8 Å². The molecule has 2 heterocycles. The molecule has 0 amide bonds. The van der Waals surface area contributed by atoms with E-state index in [-0.39, 0.29) is 6.04 Å². The van der Waals surface area contributed by atoms with Gasteiger partial charge in [0.2, 0.25) is 0 Å². The third kappa shape index (κ3) is 2.89. The number of likely N-dealkylation sites (tertiary alicyclic amines) is 1. The van der Waals surface area contributed by atoms with E-state index in [4.69, 9.17) is 10.2 Å². The zero-order chi connectivity index (χ0) is 12.3. The van der Waals surface area contributed by atoms with E-state index in [1.54, 1.807) is 6.26 Å². The van der Waals surface area contributed by atoms with E-state index in [9.17, 15) is 0 Å². The second kappa shape index (κ2) is 5.67. The Bertz CT molecular complexity index is 325. The SMILES string of the molecule is CN1CCCC1CN(C)C(CN)c1ccco1. The number of nitrogens with two attached hydrogens (primary N) is 1. The van der Waals surface area contributed by atoms with Crippen LogP contribution in [-0.2, 0) is 0 Å². The van der Waals surface area contributed by atoms with Crippen molar-refractivity contribution in [3.8, 4) is 0 Å². The summed E-state index contributed by atoms with van der Waals surface area (Å²) < 4.78 is 5.46. The summed E-state index contributed by atoms with van der Waals surface area (Å²) in [6.07, 6.45) is 4.31. The normalized spacial score (nSPS) is 23.4. The van der Waals surface area contributed by atoms with Crippen molar-refractivity contribution in [2.75, 3.05) is 33.7 Å². The van der Waals surface area contributed by atoms with Crippen LogP contribution in [0.5, 0.6) is 0 Å². The van der Waals surface area contributed by atoms with Crippen molar-refractivity contribution in [2.45, 2.75) is 24.9 Å². The summed E-state index contributed by atoms with van der Waals surface area (Å²) >= 11 is 0. The first kappa shape index (κ1) is 12.6. The first-order chi connectivity index (χ1) is 8.22. The van der Waals surface area contributed by atoms with Crippen LogP contribution in [0.25, 0.3) is 0 Å². The molecule has 0 radical (unpaired) electrons. The molecule has 1 saturated heterocycles. The van der Waals surface area contributed by atoms with Gasteiger partial charge in [-0.1, -0.05) is 0 Å². The lowest BCUT2D eigenvalue weighted by Gasteiger charge is -2.30. The Labute approximate surface area is 103 Å². The molecule has 1 aromatic heterocycles. The van der Waals surface area contributed by atoms with Crippen molar-refractivity contribution < 1.29 is 4.42 Å². The van der Waals surface area contributed by atoms with Gasteiger partial charge in [-0.05, 0) is 45.6 Å². The lowest BCUT2D eigenvalue weighted by molar-refractivity contribution is 0.165. The molecule has 17 heavy (non-hydrogen) atoms. The predicted octanol–water partition coefficient (Wildman–Crippen LogP) is 1.31. The van der Waals surface area contributed by atoms with E-state index in [2.05, 4.69) is 23.9 Å². The fourth-order valence-corrected chi connectivity index (χ4v) is 2.66. The molecule has 2 rings (SSSR count). The second-order valence-electron chi connectivity index (χ2n) is 4.98. The molecule has 1 aliphatic heterocycles. The third-order valence-electron chi connectivity index (χ3n) is 3.80. The predicted molar refractivity (Wildman–Crippen MR) is 68.8 cm³/mol. The van der Waals surface area contributed by atoms with Gasteiger partial charge in [0.15, 0.2) is 0 Å². The molecule has 2 unspecified atom stereocenters. The fraction of sp³-hybridized carbons (Fsp3) is 0.692. The lowest BCUT2D eigenvalue weighted by atomic mass is 10.1. The maximum atomic E-state index is 5.86. The van der Waals surface area contributed by atoms with Crippen molar-refractivity contribution in [1.82, 2.24) is 9.80 Å². The molecule has 0 saturated carbocycles. The Morgan fingerprint density at radius 1 is 1.65 bits per heavy atom. The highest BCUT2D eigenvalue weighted by atomic mass is 16.3. The Morgan fingerprint density at radius 2 is 2.47 bits per heavy atom. The highest BCUT2D eigenvalue weighted by Gasteiger charge is 2.26. The summed E-state index contributed by atoms with van der Waals surface area (Å²) in [6.45, 7) is 2.87. The second-order valence-corrected chi connectivity index (χ2v) is 4.98. The van der Waals surface area contributed by atoms with E-state index < -0.39 is 0 Å². The quantitative estimate of drug-likeness (QED) is 0.838. The molecule has 4 heteroatoms. The molecule has 0 spiro atoms. The molecular formula is C13H23N3O. The molecule has 1 fully saturated rings. The molecule has 0 bridgehead atoms. The van der Waals surface area contributed by atoms with Crippen LogP contribution < -0.4 is 5.73 Å². The highest BCUT2D eigenvalue weighted by molar-refractivity contribution is 5.05. The van der Waals surface area contributed by atoms with Gasteiger partial charge in [0.05, 0.1) is 12.3 Å². The summed E-state index contributed by atoms with van der Waals surface area (Å²) in [5.41, 5.74) is 5.86. The van der Waals surface area contributed by atoms with Crippen LogP contribution in [0.3, 0.4) is 0 Å². The number of furan rings is 1. The van der Waals surface area contributed by atoms with Crippen LogP contribution in [-0.4, -0.2) is 49.6 Å². The average molecular weight is 237 g/mol. The standard InChI is InChI=1S/C13H23N3O/c1-15-7-3-5-11(15)10-16(2)12(9-14)13-6-4-8-17-13/h4,6,8,11-12H,3,5,7,9-10,14H2,1-2H3. The summed E-state index contributed by atoms with van der Waals surface area (Å²) in [4.78, 5) is 4.75. The van der Waals surface area contributed by atoms with E-state index in [1.807, 2.05) is 12.1 Å². The summed E-state index contributed by atoms with van der Waals surface area (Å²) in [6, 6.07) is 4.78. The van der Waals surface area contributed by atoms with Crippen molar-refractivity contribution >= 4 is 0 Å². The average Bonchev–Trinajstić information content (AvgIpc) is 2.93. The van der Waals surface area contributed by atoms with Gasteiger partial charge in [-0.3, -0.25) is 4.90 Å². The summed E-state index contributed by atoms with van der Waals surface area (Å²) in [7, 11) is 4.34. The zero-order valence-corrected chi connectivity index (χ0v) is 10.8. The van der Waals surface area contributed by atoms with Crippen molar-refractivity contribution in [3.05, 3.63) is 24.2 Å². The maximum absolute atomic E-state index is 5.86. The van der Waals surface area contributed by atoms with Crippen molar-refractivity contribution in [1.29, 1.82) is 0 Å². The summed E-state index contributed by atoms with van der Waals surface area (Å²) in [5, 5.41) is 0. The van der Waals surface area contributed by atoms with Gasteiger partial charge in [0, 0.05) is 19.1 Å². The van der Waals surface area contributed by atoms with Gasteiger partial charge in [-0.25, -0.2) is 0 Å². The molecule has 1 aromatic rings. The molecule has 0 aromatic carbocycles. The van der Waals surface area contributed by atoms with Crippen LogP contribution in [0.1, 0.15) is 24.6 Å². The van der Waals surface area contributed by atoms with Gasteiger partial charge >= 0.3 is 0 Å². The number of hydrogen-bond donors (Lipinski definition) is 1. The Morgan fingerprint density at radius 3 is 3.00 bits per heavy atom. The highest BCUT2D eigenvalue weighted by Crippen LogP contribution is 2.22. The maximum Gasteiger partial charge on any atom is 0.122 e. The molecule has 1 aliphatic rings. The van der Waals surface area contributed by atoms with Crippen molar-refractivity contribution in [3.63, 3.8) is 0 Å². The molecular weight excluding hydrogens is 214 g/mol. The minimum absolute atomic E-state index is 0.194. The first-order valence-electron chi connectivity index (χ1n) is 6.36. The van der Waals surface area contributed by atoms with Crippen LogP contribution >= 0.6 is 0 Å². The smallest absolute Gasteiger partial charge is 0.122 e. The van der Waals surface area contributed by atoms with E-state index in [1.165, 1.54) is 19.4 Å². The van der Waals surface area contributed by atoms with E-state index >= 15 is 0 Å². The first-order valence-corrected chi connectivity index (χ1v) is 6.36. The van der Waals surface area contributed by atoms with Gasteiger partial charge < -0.3 is 15.1 Å². The van der Waals surface area contributed by atoms with E-state index in [0.29, 0.717) is 12.6 Å². The van der Waals surface area contributed by atoms with Gasteiger partial charge in [-0.2, -0.15) is 0 Å². The Balaban J connectivity index is 1.95. The minimum atomic E-state index is 0.194.